The van der Waals surface area contributed by atoms with Crippen LogP contribution in [0.1, 0.15) is 25.0 Å². The molecule has 0 bridgehead atoms. The lowest BCUT2D eigenvalue weighted by molar-refractivity contribution is 0.173. The Morgan fingerprint density at radius 3 is 2.67 bits per heavy atom. The van der Waals surface area contributed by atoms with Crippen LogP contribution in [0.15, 0.2) is 22.7 Å². The van der Waals surface area contributed by atoms with Crippen molar-refractivity contribution in [3.05, 3.63) is 28.2 Å². The second kappa shape index (κ2) is 3.92. The van der Waals surface area contributed by atoms with Gasteiger partial charge in [0.2, 0.25) is 0 Å². The number of hydrogen-bond acceptors (Lipinski definition) is 2. The third-order valence-electron chi connectivity index (χ3n) is 1.74. The highest BCUT2D eigenvalue weighted by Gasteiger charge is 2.06. The topological polar surface area (TPSA) is 40.5 Å². The Labute approximate surface area is 80.0 Å². The van der Waals surface area contributed by atoms with Crippen molar-refractivity contribution < 1.29 is 10.2 Å². The van der Waals surface area contributed by atoms with Gasteiger partial charge in [-0.1, -0.05) is 13.0 Å². The molecule has 1 rings (SSSR count). The number of aliphatic hydroxyl groups is 1. The van der Waals surface area contributed by atoms with E-state index in [1.807, 2.05) is 6.92 Å². The van der Waals surface area contributed by atoms with Gasteiger partial charge < -0.3 is 10.2 Å². The van der Waals surface area contributed by atoms with Gasteiger partial charge in [-0.05, 0) is 40.0 Å². The summed E-state index contributed by atoms with van der Waals surface area (Å²) in [6.45, 7) is 1.91. The number of aliphatic hydroxyl groups excluding tert-OH is 1. The molecule has 0 aliphatic carbocycles. The van der Waals surface area contributed by atoms with Gasteiger partial charge >= 0.3 is 0 Å². The summed E-state index contributed by atoms with van der Waals surface area (Å²) >= 11 is 3.18. The Kier molecular flexibility index (Phi) is 3.12. The summed E-state index contributed by atoms with van der Waals surface area (Å²) < 4.78 is 0.618. The van der Waals surface area contributed by atoms with E-state index in [4.69, 9.17) is 5.11 Å². The maximum absolute atomic E-state index is 9.44. The van der Waals surface area contributed by atoms with Crippen molar-refractivity contribution in [2.24, 2.45) is 0 Å². The van der Waals surface area contributed by atoms with Gasteiger partial charge in [-0.3, -0.25) is 0 Å². The highest BCUT2D eigenvalue weighted by Crippen LogP contribution is 2.27. The molecule has 0 aliphatic rings. The van der Waals surface area contributed by atoms with Crippen LogP contribution in [0, 0.1) is 0 Å². The first-order valence-corrected chi connectivity index (χ1v) is 4.61. The van der Waals surface area contributed by atoms with Crippen molar-refractivity contribution in [2.45, 2.75) is 19.4 Å². The maximum atomic E-state index is 9.44. The first-order chi connectivity index (χ1) is 5.65. The summed E-state index contributed by atoms with van der Waals surface area (Å²) in [6.07, 6.45) is 0.235. The molecular weight excluding hydrogens is 220 g/mol. The molecule has 2 nitrogen and oxygen atoms in total. The standard InChI is InChI=1S/C9H11BrO2/c1-2-8(11)6-3-4-9(12)7(10)5-6/h3-5,8,11-12H,2H2,1H3. The van der Waals surface area contributed by atoms with E-state index in [-0.39, 0.29) is 5.75 Å². The van der Waals surface area contributed by atoms with Crippen LogP contribution < -0.4 is 0 Å². The third kappa shape index (κ3) is 1.99. The van der Waals surface area contributed by atoms with Gasteiger partial charge in [0.05, 0.1) is 10.6 Å². The molecule has 0 fully saturated rings. The number of aromatic hydroxyl groups is 1. The average molecular weight is 231 g/mol. The highest BCUT2D eigenvalue weighted by atomic mass is 79.9. The van der Waals surface area contributed by atoms with Crippen LogP contribution in [-0.4, -0.2) is 10.2 Å². The van der Waals surface area contributed by atoms with Gasteiger partial charge in [-0.2, -0.15) is 0 Å². The fraction of sp³-hybridized carbons (Fsp3) is 0.333. The number of benzene rings is 1. The van der Waals surface area contributed by atoms with E-state index in [1.165, 1.54) is 0 Å². The molecule has 1 atom stereocenters. The Balaban J connectivity index is 2.96. The molecular formula is C9H11BrO2. The number of hydrogen-bond donors (Lipinski definition) is 2. The Morgan fingerprint density at radius 2 is 2.17 bits per heavy atom. The number of rotatable bonds is 2. The van der Waals surface area contributed by atoms with Crippen LogP contribution >= 0.6 is 15.9 Å². The van der Waals surface area contributed by atoms with Crippen molar-refractivity contribution in [3.8, 4) is 5.75 Å². The van der Waals surface area contributed by atoms with E-state index in [0.29, 0.717) is 10.9 Å². The zero-order chi connectivity index (χ0) is 9.14. The minimum absolute atomic E-state index is 0.196. The molecule has 66 valence electrons. The predicted octanol–water partition coefficient (Wildman–Crippen LogP) is 2.60. The smallest absolute Gasteiger partial charge is 0.129 e. The highest BCUT2D eigenvalue weighted by molar-refractivity contribution is 9.10. The second-order valence-electron chi connectivity index (χ2n) is 2.63. The summed E-state index contributed by atoms with van der Waals surface area (Å²) in [5, 5.41) is 18.6. The van der Waals surface area contributed by atoms with Crippen molar-refractivity contribution in [2.75, 3.05) is 0 Å². The SMILES string of the molecule is CCC(O)c1ccc(O)c(Br)c1. The molecule has 3 heteroatoms. The molecule has 1 unspecified atom stereocenters. The summed E-state index contributed by atoms with van der Waals surface area (Å²) in [7, 11) is 0. The van der Waals surface area contributed by atoms with Crippen LogP contribution in [0.4, 0.5) is 0 Å². The lowest BCUT2D eigenvalue weighted by Crippen LogP contribution is -1.94. The second-order valence-corrected chi connectivity index (χ2v) is 3.49. The summed E-state index contributed by atoms with van der Waals surface area (Å²) in [6, 6.07) is 5.01. The number of phenols is 1. The van der Waals surface area contributed by atoms with E-state index in [0.717, 1.165) is 5.56 Å². The van der Waals surface area contributed by atoms with Crippen LogP contribution in [0.2, 0.25) is 0 Å². The summed E-state index contributed by atoms with van der Waals surface area (Å²) in [4.78, 5) is 0. The number of halogens is 1. The molecule has 0 aliphatic heterocycles. The molecule has 0 radical (unpaired) electrons. The van der Waals surface area contributed by atoms with E-state index in [2.05, 4.69) is 15.9 Å². The molecule has 1 aromatic carbocycles. The first-order valence-electron chi connectivity index (χ1n) is 3.81. The molecule has 0 heterocycles. The van der Waals surface area contributed by atoms with Crippen LogP contribution in [0.5, 0.6) is 5.75 Å². The third-order valence-corrected chi connectivity index (χ3v) is 2.38. The lowest BCUT2D eigenvalue weighted by Gasteiger charge is -2.08. The van der Waals surface area contributed by atoms with Gasteiger partial charge in [0, 0.05) is 0 Å². The minimum atomic E-state index is -0.443. The monoisotopic (exact) mass is 230 g/mol. The fourth-order valence-corrected chi connectivity index (χ4v) is 1.36. The first kappa shape index (κ1) is 9.55. The predicted molar refractivity (Wildman–Crippen MR) is 51.1 cm³/mol. The van der Waals surface area contributed by atoms with Gasteiger partial charge in [-0.15, -0.1) is 0 Å². The van der Waals surface area contributed by atoms with Gasteiger partial charge in [0.15, 0.2) is 0 Å². The van der Waals surface area contributed by atoms with E-state index >= 15 is 0 Å². The maximum Gasteiger partial charge on any atom is 0.129 e. The van der Waals surface area contributed by atoms with Crippen molar-refractivity contribution >= 4 is 15.9 Å². The molecule has 2 N–H and O–H groups in total. The van der Waals surface area contributed by atoms with E-state index in [9.17, 15) is 5.11 Å². The van der Waals surface area contributed by atoms with Crippen molar-refractivity contribution in [1.29, 1.82) is 0 Å². The molecule has 0 amide bonds. The summed E-state index contributed by atoms with van der Waals surface area (Å²) in [5.74, 6) is 0.196. The van der Waals surface area contributed by atoms with E-state index in [1.54, 1.807) is 18.2 Å². The fourth-order valence-electron chi connectivity index (χ4n) is 0.966. The lowest BCUT2D eigenvalue weighted by atomic mass is 10.1. The van der Waals surface area contributed by atoms with Crippen molar-refractivity contribution in [3.63, 3.8) is 0 Å². The largest absolute Gasteiger partial charge is 0.507 e. The molecule has 1 aromatic rings. The Hall–Kier alpha value is -0.540. The van der Waals surface area contributed by atoms with Crippen LogP contribution in [0.25, 0.3) is 0 Å². The molecule has 0 saturated heterocycles. The Bertz CT molecular complexity index is 273. The van der Waals surface area contributed by atoms with Gasteiger partial charge in [-0.25, -0.2) is 0 Å². The normalized spacial score (nSPS) is 12.9. The van der Waals surface area contributed by atoms with E-state index < -0.39 is 6.10 Å². The van der Waals surface area contributed by atoms with Gasteiger partial charge in [0.25, 0.3) is 0 Å². The zero-order valence-corrected chi connectivity index (χ0v) is 8.37. The molecule has 0 spiro atoms. The van der Waals surface area contributed by atoms with Crippen molar-refractivity contribution in [1.82, 2.24) is 0 Å². The Morgan fingerprint density at radius 1 is 1.50 bits per heavy atom. The molecule has 12 heavy (non-hydrogen) atoms. The number of phenolic OH excluding ortho intramolecular Hbond substituents is 1. The van der Waals surface area contributed by atoms with Crippen LogP contribution in [0.3, 0.4) is 0 Å². The minimum Gasteiger partial charge on any atom is -0.507 e. The zero-order valence-electron chi connectivity index (χ0n) is 6.79. The van der Waals surface area contributed by atoms with Crippen LogP contribution in [-0.2, 0) is 0 Å². The molecule has 0 saturated carbocycles. The van der Waals surface area contributed by atoms with Gasteiger partial charge in [0.1, 0.15) is 5.75 Å². The quantitative estimate of drug-likeness (QED) is 0.821. The molecule has 0 aromatic heterocycles. The average Bonchev–Trinajstić information content (AvgIpc) is 2.08. The summed E-state index contributed by atoms with van der Waals surface area (Å²) in [5.41, 5.74) is 0.821.